The number of amides is 1. The van der Waals surface area contributed by atoms with Crippen molar-refractivity contribution in [3.8, 4) is 0 Å². The highest BCUT2D eigenvalue weighted by molar-refractivity contribution is 7.99. The maximum Gasteiger partial charge on any atom is 0.303 e. The summed E-state index contributed by atoms with van der Waals surface area (Å²) in [6.07, 6.45) is 6.98. The van der Waals surface area contributed by atoms with Crippen molar-refractivity contribution in [2.24, 2.45) is 0 Å². The minimum absolute atomic E-state index is 0.0226. The Labute approximate surface area is 164 Å². The molecular weight excluding hydrogens is 362 g/mol. The zero-order valence-corrected chi connectivity index (χ0v) is 16.3. The van der Waals surface area contributed by atoms with E-state index in [0.717, 1.165) is 29.9 Å². The van der Waals surface area contributed by atoms with Gasteiger partial charge in [0.25, 0.3) is 0 Å². The number of likely N-dealkylation sites (tertiary alicyclic amines) is 1. The number of nitrogens with zero attached hydrogens (tertiary/aromatic N) is 1. The Morgan fingerprint density at radius 2 is 2.00 bits per heavy atom. The van der Waals surface area contributed by atoms with Gasteiger partial charge in [-0.2, -0.15) is 11.8 Å². The first-order valence-electron chi connectivity index (χ1n) is 9.40. The van der Waals surface area contributed by atoms with Gasteiger partial charge >= 0.3 is 5.97 Å². The van der Waals surface area contributed by atoms with Gasteiger partial charge < -0.3 is 10.0 Å². The zero-order valence-electron chi connectivity index (χ0n) is 15.5. The smallest absolute Gasteiger partial charge is 0.303 e. The number of piperidine rings is 1. The van der Waals surface area contributed by atoms with E-state index in [-0.39, 0.29) is 24.2 Å². The highest BCUT2D eigenvalue weighted by Gasteiger charge is 2.25. The highest BCUT2D eigenvalue weighted by Crippen LogP contribution is 2.20. The molecule has 1 atom stereocenters. The molecule has 0 saturated carbocycles. The molecule has 1 aliphatic heterocycles. The van der Waals surface area contributed by atoms with Gasteiger partial charge in [0, 0.05) is 31.6 Å². The van der Waals surface area contributed by atoms with Crippen LogP contribution in [0.2, 0.25) is 0 Å². The lowest BCUT2D eigenvalue weighted by Gasteiger charge is -2.34. The second-order valence-corrected chi connectivity index (χ2v) is 7.87. The van der Waals surface area contributed by atoms with Crippen LogP contribution in [0.1, 0.15) is 37.7 Å². The van der Waals surface area contributed by atoms with Gasteiger partial charge in [-0.25, -0.2) is 0 Å². The monoisotopic (exact) mass is 389 g/mol. The van der Waals surface area contributed by atoms with Crippen molar-refractivity contribution in [1.82, 2.24) is 4.90 Å². The molecule has 0 bridgehead atoms. The number of allylic oxidation sites excluding steroid dienone is 1. The van der Waals surface area contributed by atoms with Crippen molar-refractivity contribution in [1.29, 1.82) is 0 Å². The molecule has 0 radical (unpaired) electrons. The van der Waals surface area contributed by atoms with Crippen molar-refractivity contribution >= 4 is 29.4 Å². The molecule has 2 rings (SSSR count). The second-order valence-electron chi connectivity index (χ2n) is 6.64. The van der Waals surface area contributed by atoms with Gasteiger partial charge in [0.2, 0.25) is 5.91 Å². The van der Waals surface area contributed by atoms with Gasteiger partial charge in [0.05, 0.1) is 6.04 Å². The standard InChI is InChI=1S/C21H27NO4S/c23-19(16-17-6-2-1-3-7-17)12-11-18-8-4-9-20(24)22(18)13-15-27-14-5-10-21(25)26/h1-3,6-7,11-12,18H,4-5,8-10,13-16H2,(H,25,26)/b12-11+/t18-/m1/s1. The predicted octanol–water partition coefficient (Wildman–Crippen LogP) is 3.33. The van der Waals surface area contributed by atoms with Crippen LogP contribution in [0.5, 0.6) is 0 Å². The molecule has 1 N–H and O–H groups in total. The molecule has 6 heteroatoms. The van der Waals surface area contributed by atoms with Crippen LogP contribution >= 0.6 is 11.8 Å². The summed E-state index contributed by atoms with van der Waals surface area (Å²) in [5.74, 6) is 0.977. The number of thioether (sulfide) groups is 1. The van der Waals surface area contributed by atoms with E-state index in [9.17, 15) is 14.4 Å². The fourth-order valence-corrected chi connectivity index (χ4v) is 3.98. The Morgan fingerprint density at radius 1 is 1.22 bits per heavy atom. The Bertz CT molecular complexity index is 659. The number of carboxylic acid groups (broad SMARTS) is 1. The third-order valence-corrected chi connectivity index (χ3v) is 5.54. The minimum Gasteiger partial charge on any atom is -0.481 e. The summed E-state index contributed by atoms with van der Waals surface area (Å²) in [6, 6.07) is 9.61. The van der Waals surface area contributed by atoms with Crippen LogP contribution in [0.25, 0.3) is 0 Å². The molecule has 1 aromatic carbocycles. The van der Waals surface area contributed by atoms with E-state index in [1.807, 2.05) is 41.3 Å². The average molecular weight is 390 g/mol. The zero-order chi connectivity index (χ0) is 19.5. The molecule has 1 fully saturated rings. The largest absolute Gasteiger partial charge is 0.481 e. The normalized spacial score (nSPS) is 17.4. The molecule has 1 aromatic rings. The second kappa shape index (κ2) is 11.6. The Morgan fingerprint density at radius 3 is 2.74 bits per heavy atom. The third-order valence-electron chi connectivity index (χ3n) is 4.49. The summed E-state index contributed by atoms with van der Waals surface area (Å²) < 4.78 is 0. The van der Waals surface area contributed by atoms with E-state index in [4.69, 9.17) is 5.11 Å². The van der Waals surface area contributed by atoms with Crippen LogP contribution < -0.4 is 0 Å². The topological polar surface area (TPSA) is 74.7 Å². The van der Waals surface area contributed by atoms with Gasteiger partial charge in [-0.1, -0.05) is 36.4 Å². The van der Waals surface area contributed by atoms with Gasteiger partial charge in [0.1, 0.15) is 0 Å². The molecule has 0 unspecified atom stereocenters. The van der Waals surface area contributed by atoms with Gasteiger partial charge in [0.15, 0.2) is 5.78 Å². The van der Waals surface area contributed by atoms with Gasteiger partial charge in [-0.15, -0.1) is 0 Å². The first-order chi connectivity index (χ1) is 13.1. The number of hydrogen-bond acceptors (Lipinski definition) is 4. The van der Waals surface area contributed by atoms with Gasteiger partial charge in [-0.05, 0) is 36.7 Å². The number of carbonyl (C=O) groups excluding carboxylic acids is 2. The number of aliphatic carboxylic acids is 1. The molecule has 0 aromatic heterocycles. The molecule has 1 amide bonds. The van der Waals surface area contributed by atoms with Crippen molar-refractivity contribution < 1.29 is 19.5 Å². The van der Waals surface area contributed by atoms with E-state index < -0.39 is 5.97 Å². The minimum atomic E-state index is -0.771. The lowest BCUT2D eigenvalue weighted by Crippen LogP contribution is -2.43. The Balaban J connectivity index is 1.80. The molecule has 1 heterocycles. The van der Waals surface area contributed by atoms with Crippen molar-refractivity contribution in [2.45, 2.75) is 44.6 Å². The molecule has 0 spiro atoms. The number of carbonyl (C=O) groups is 3. The molecular formula is C21H27NO4S. The molecule has 1 saturated heterocycles. The summed E-state index contributed by atoms with van der Waals surface area (Å²) in [7, 11) is 0. The van der Waals surface area contributed by atoms with Gasteiger partial charge in [-0.3, -0.25) is 14.4 Å². The SMILES string of the molecule is O=C(O)CCCSCCN1C(=O)CCC[C@@H]1/C=C/C(=O)Cc1ccccc1. The van der Waals surface area contributed by atoms with Crippen molar-refractivity contribution in [2.75, 3.05) is 18.1 Å². The predicted molar refractivity (Wildman–Crippen MR) is 108 cm³/mol. The average Bonchev–Trinajstić information content (AvgIpc) is 2.65. The molecule has 5 nitrogen and oxygen atoms in total. The maximum atomic E-state index is 12.3. The van der Waals surface area contributed by atoms with E-state index in [1.54, 1.807) is 17.8 Å². The molecule has 0 aliphatic carbocycles. The molecule has 146 valence electrons. The van der Waals surface area contributed by atoms with Crippen molar-refractivity contribution in [3.63, 3.8) is 0 Å². The first kappa shape index (κ1) is 21.2. The third kappa shape index (κ3) is 7.99. The summed E-state index contributed by atoms with van der Waals surface area (Å²) in [5.41, 5.74) is 0.987. The van der Waals surface area contributed by atoms with Crippen LogP contribution in [0.15, 0.2) is 42.5 Å². The summed E-state index contributed by atoms with van der Waals surface area (Å²) in [5, 5.41) is 8.64. The maximum absolute atomic E-state index is 12.3. The van der Waals surface area contributed by atoms with Crippen LogP contribution in [-0.2, 0) is 20.8 Å². The summed E-state index contributed by atoms with van der Waals surface area (Å²) in [4.78, 5) is 36.8. The molecule has 1 aliphatic rings. The summed E-state index contributed by atoms with van der Waals surface area (Å²) in [6.45, 7) is 0.637. The fourth-order valence-electron chi connectivity index (χ4n) is 3.10. The van der Waals surface area contributed by atoms with Crippen molar-refractivity contribution in [3.05, 3.63) is 48.0 Å². The number of benzene rings is 1. The first-order valence-corrected chi connectivity index (χ1v) is 10.6. The number of carboxylic acids is 1. The van der Waals surface area contributed by atoms with E-state index in [0.29, 0.717) is 25.8 Å². The van der Waals surface area contributed by atoms with Crippen LogP contribution in [0, 0.1) is 0 Å². The number of ketones is 1. The van der Waals surface area contributed by atoms with E-state index >= 15 is 0 Å². The Kier molecular flexibility index (Phi) is 9.11. The quantitative estimate of drug-likeness (QED) is 0.464. The fraction of sp³-hybridized carbons (Fsp3) is 0.476. The molecule has 27 heavy (non-hydrogen) atoms. The highest BCUT2D eigenvalue weighted by atomic mass is 32.2. The van der Waals surface area contributed by atoms with E-state index in [2.05, 4.69) is 0 Å². The summed E-state index contributed by atoms with van der Waals surface area (Å²) >= 11 is 1.67. The van der Waals surface area contributed by atoms with Crippen LogP contribution in [0.3, 0.4) is 0 Å². The lowest BCUT2D eigenvalue weighted by atomic mass is 10.00. The van der Waals surface area contributed by atoms with Crippen LogP contribution in [-0.4, -0.2) is 51.8 Å². The lowest BCUT2D eigenvalue weighted by molar-refractivity contribution is -0.137. The van der Waals surface area contributed by atoms with Crippen LogP contribution in [0.4, 0.5) is 0 Å². The Hall–Kier alpha value is -2.08. The van der Waals surface area contributed by atoms with E-state index in [1.165, 1.54) is 0 Å². The number of hydrogen-bond donors (Lipinski definition) is 1. The number of rotatable bonds is 11.